The average molecular weight is 384 g/mol. The third-order valence-electron chi connectivity index (χ3n) is 3.80. The molecule has 6 nitrogen and oxygen atoms in total. The van der Waals surface area contributed by atoms with Crippen molar-refractivity contribution in [1.82, 2.24) is 23.9 Å². The molecule has 3 aromatic heterocycles. The van der Waals surface area contributed by atoms with Crippen LogP contribution in [0.3, 0.4) is 0 Å². The van der Waals surface area contributed by atoms with Gasteiger partial charge in [-0.15, -0.1) is 0 Å². The van der Waals surface area contributed by atoms with Gasteiger partial charge in [0.2, 0.25) is 5.78 Å². The molecule has 0 amide bonds. The molecule has 0 radical (unpaired) electrons. The molecule has 3 heterocycles. The normalized spacial score (nSPS) is 11.1. The Kier molecular flexibility index (Phi) is 3.78. The number of fused-ring (bicyclic) bond motifs is 1. The molecule has 0 saturated carbocycles. The van der Waals surface area contributed by atoms with Gasteiger partial charge in [0.05, 0.1) is 19.3 Å². The first-order valence-electron chi connectivity index (χ1n) is 7.39. The number of imidazole rings is 2. The number of rotatable bonds is 4. The van der Waals surface area contributed by atoms with Gasteiger partial charge in [0.15, 0.2) is 0 Å². The predicted molar refractivity (Wildman–Crippen MR) is 94.0 cm³/mol. The number of ether oxygens (including phenoxy) is 1. The second-order valence-electron chi connectivity index (χ2n) is 5.25. The van der Waals surface area contributed by atoms with Crippen molar-refractivity contribution in [3.05, 3.63) is 65.4 Å². The fourth-order valence-corrected chi connectivity index (χ4v) is 3.09. The maximum absolute atomic E-state index is 5.21. The zero-order chi connectivity index (χ0) is 16.5. The molecular weight excluding hydrogens is 370 g/mol. The van der Waals surface area contributed by atoms with Gasteiger partial charge in [0.1, 0.15) is 16.2 Å². The first kappa shape index (κ1) is 14.9. The van der Waals surface area contributed by atoms with E-state index in [0.29, 0.717) is 12.3 Å². The van der Waals surface area contributed by atoms with Crippen molar-refractivity contribution in [2.24, 2.45) is 0 Å². The topological polar surface area (TPSA) is 57.2 Å². The minimum absolute atomic E-state index is 0.602. The Morgan fingerprint density at radius 3 is 2.67 bits per heavy atom. The number of aromatic nitrogens is 5. The molecule has 0 aliphatic heterocycles. The quantitative estimate of drug-likeness (QED) is 0.541. The Hall–Kier alpha value is -2.67. The molecule has 0 aliphatic rings. The summed E-state index contributed by atoms with van der Waals surface area (Å²) in [4.78, 5) is 13.3. The van der Waals surface area contributed by atoms with Crippen LogP contribution in [-0.4, -0.2) is 31.0 Å². The first-order valence-corrected chi connectivity index (χ1v) is 8.18. The number of benzene rings is 1. The molecule has 120 valence electrons. The van der Waals surface area contributed by atoms with Crippen LogP contribution < -0.4 is 4.74 Å². The molecule has 24 heavy (non-hydrogen) atoms. The maximum atomic E-state index is 5.21. The second kappa shape index (κ2) is 6.09. The van der Waals surface area contributed by atoms with Crippen molar-refractivity contribution < 1.29 is 4.74 Å². The number of hydrogen-bond donors (Lipinski definition) is 0. The Morgan fingerprint density at radius 2 is 1.92 bits per heavy atom. The lowest BCUT2D eigenvalue weighted by atomic mass is 10.2. The van der Waals surface area contributed by atoms with E-state index in [1.54, 1.807) is 19.5 Å². The minimum atomic E-state index is 0.602. The Bertz CT molecular complexity index is 990. The van der Waals surface area contributed by atoms with Crippen LogP contribution in [0.5, 0.6) is 5.75 Å². The van der Waals surface area contributed by atoms with E-state index in [2.05, 4.69) is 35.4 Å². The zero-order valence-corrected chi connectivity index (χ0v) is 14.5. The van der Waals surface area contributed by atoms with Crippen molar-refractivity contribution in [1.29, 1.82) is 0 Å². The third kappa shape index (κ3) is 2.56. The summed E-state index contributed by atoms with van der Waals surface area (Å²) in [6.07, 6.45) is 7.41. The summed E-state index contributed by atoms with van der Waals surface area (Å²) in [7, 11) is 1.66. The highest BCUT2D eigenvalue weighted by Crippen LogP contribution is 2.24. The fourth-order valence-electron chi connectivity index (χ4n) is 2.60. The molecule has 0 saturated heterocycles. The van der Waals surface area contributed by atoms with Crippen LogP contribution in [0, 0.1) is 0 Å². The van der Waals surface area contributed by atoms with Crippen LogP contribution in [0.15, 0.2) is 59.7 Å². The van der Waals surface area contributed by atoms with Gasteiger partial charge >= 0.3 is 0 Å². The van der Waals surface area contributed by atoms with E-state index in [0.717, 1.165) is 27.4 Å². The Labute approximate surface area is 146 Å². The molecule has 0 aliphatic carbocycles. The zero-order valence-electron chi connectivity index (χ0n) is 12.9. The van der Waals surface area contributed by atoms with E-state index in [1.165, 1.54) is 0 Å². The van der Waals surface area contributed by atoms with E-state index in [4.69, 9.17) is 4.74 Å². The van der Waals surface area contributed by atoms with Crippen molar-refractivity contribution >= 4 is 21.7 Å². The summed E-state index contributed by atoms with van der Waals surface area (Å²) in [5, 5.41) is 0. The summed E-state index contributed by atoms with van der Waals surface area (Å²) in [5.41, 5.74) is 1.93. The highest BCUT2D eigenvalue weighted by Gasteiger charge is 2.13. The average Bonchev–Trinajstić information content (AvgIpc) is 3.21. The lowest BCUT2D eigenvalue weighted by Crippen LogP contribution is -2.02. The van der Waals surface area contributed by atoms with Crippen LogP contribution in [0.2, 0.25) is 0 Å². The summed E-state index contributed by atoms with van der Waals surface area (Å²) < 4.78 is 10.1. The van der Waals surface area contributed by atoms with Gasteiger partial charge < -0.3 is 9.30 Å². The maximum Gasteiger partial charge on any atom is 0.234 e. The largest absolute Gasteiger partial charge is 0.497 e. The Morgan fingerprint density at radius 1 is 1.08 bits per heavy atom. The van der Waals surface area contributed by atoms with Crippen molar-refractivity contribution in [3.8, 4) is 17.1 Å². The van der Waals surface area contributed by atoms with Crippen LogP contribution in [0.25, 0.3) is 17.2 Å². The molecule has 7 heteroatoms. The van der Waals surface area contributed by atoms with Crippen LogP contribution in [0.1, 0.15) is 5.69 Å². The third-order valence-corrected chi connectivity index (χ3v) is 4.63. The lowest BCUT2D eigenvalue weighted by Gasteiger charge is -2.07. The number of hydrogen-bond acceptors (Lipinski definition) is 4. The smallest absolute Gasteiger partial charge is 0.234 e. The Balaban J connectivity index is 1.70. The summed E-state index contributed by atoms with van der Waals surface area (Å²) in [5.74, 6) is 2.38. The van der Waals surface area contributed by atoms with Crippen LogP contribution in [-0.2, 0) is 6.54 Å². The van der Waals surface area contributed by atoms with Crippen molar-refractivity contribution in [2.45, 2.75) is 6.54 Å². The van der Waals surface area contributed by atoms with Crippen LogP contribution >= 0.6 is 15.9 Å². The summed E-state index contributed by atoms with van der Waals surface area (Å²) >= 11 is 3.61. The van der Waals surface area contributed by atoms with E-state index in [-0.39, 0.29) is 0 Å². The molecular formula is C17H14BrN5O. The molecule has 0 atom stereocenters. The second-order valence-corrected chi connectivity index (χ2v) is 6.00. The van der Waals surface area contributed by atoms with Gasteiger partial charge in [-0.2, -0.15) is 0 Å². The molecule has 0 N–H and O–H groups in total. The van der Waals surface area contributed by atoms with Gasteiger partial charge in [-0.1, -0.05) is 0 Å². The van der Waals surface area contributed by atoms with Gasteiger partial charge in [0, 0.05) is 30.4 Å². The molecule has 0 bridgehead atoms. The van der Waals surface area contributed by atoms with E-state index >= 15 is 0 Å². The molecule has 4 aromatic rings. The molecule has 0 fully saturated rings. The first-order chi connectivity index (χ1) is 11.8. The van der Waals surface area contributed by atoms with Crippen LogP contribution in [0.4, 0.5) is 0 Å². The summed E-state index contributed by atoms with van der Waals surface area (Å²) in [6, 6.07) is 9.73. The standard InChI is InChI=1S/C17H14BrN5O/c1-24-13-5-3-12(4-6-13)16-19-8-10-22(16)11-14-15(18)23-9-2-7-20-17(23)21-14/h2-10H,11H2,1H3. The SMILES string of the molecule is COc1ccc(-c2nccn2Cc2nc3ncccn3c2Br)cc1. The molecule has 0 unspecified atom stereocenters. The summed E-state index contributed by atoms with van der Waals surface area (Å²) in [6.45, 7) is 0.602. The minimum Gasteiger partial charge on any atom is -0.497 e. The van der Waals surface area contributed by atoms with Gasteiger partial charge in [0.25, 0.3) is 0 Å². The highest BCUT2D eigenvalue weighted by molar-refractivity contribution is 9.10. The number of nitrogens with zero attached hydrogens (tertiary/aromatic N) is 5. The van der Waals surface area contributed by atoms with E-state index in [9.17, 15) is 0 Å². The van der Waals surface area contributed by atoms with E-state index in [1.807, 2.05) is 47.1 Å². The lowest BCUT2D eigenvalue weighted by molar-refractivity contribution is 0.415. The van der Waals surface area contributed by atoms with Gasteiger partial charge in [-0.25, -0.2) is 15.0 Å². The number of halogens is 1. The monoisotopic (exact) mass is 383 g/mol. The van der Waals surface area contributed by atoms with Gasteiger partial charge in [-0.3, -0.25) is 4.40 Å². The molecule has 0 spiro atoms. The number of methoxy groups -OCH3 is 1. The molecule has 4 rings (SSSR count). The highest BCUT2D eigenvalue weighted by atomic mass is 79.9. The van der Waals surface area contributed by atoms with Crippen molar-refractivity contribution in [3.63, 3.8) is 0 Å². The fraction of sp³-hybridized carbons (Fsp3) is 0.118. The van der Waals surface area contributed by atoms with Gasteiger partial charge in [-0.05, 0) is 46.3 Å². The van der Waals surface area contributed by atoms with Crippen molar-refractivity contribution in [2.75, 3.05) is 7.11 Å². The molecule has 1 aromatic carbocycles. The van der Waals surface area contributed by atoms with E-state index < -0.39 is 0 Å². The predicted octanol–water partition coefficient (Wildman–Crippen LogP) is 3.41.